The third-order valence-electron chi connectivity index (χ3n) is 3.26. The summed E-state index contributed by atoms with van der Waals surface area (Å²) in [7, 11) is 1.41. The van der Waals surface area contributed by atoms with E-state index < -0.39 is 23.2 Å². The Kier molecular flexibility index (Phi) is 5.72. The molecule has 0 bridgehead atoms. The lowest BCUT2D eigenvalue weighted by Crippen LogP contribution is -2.28. The van der Waals surface area contributed by atoms with Gasteiger partial charge in [-0.2, -0.15) is 0 Å². The van der Waals surface area contributed by atoms with Gasteiger partial charge in [-0.1, -0.05) is 12.0 Å². The first-order valence-electron chi connectivity index (χ1n) is 7.13. The molecule has 0 aliphatic carbocycles. The predicted octanol–water partition coefficient (Wildman–Crippen LogP) is 2.22. The normalized spacial score (nSPS) is 16.7. The summed E-state index contributed by atoms with van der Waals surface area (Å²) in [6, 6.07) is 4.75. The summed E-state index contributed by atoms with van der Waals surface area (Å²) in [6.45, 7) is 1.32. The zero-order chi connectivity index (χ0) is 18.6. The Balaban J connectivity index is 2.27. The summed E-state index contributed by atoms with van der Waals surface area (Å²) in [4.78, 5) is 36.0. The van der Waals surface area contributed by atoms with Crippen molar-refractivity contribution >= 4 is 35.0 Å². The molecule has 1 aliphatic rings. The molecular weight excluding hydrogens is 346 g/mol. The van der Waals surface area contributed by atoms with E-state index in [1.165, 1.54) is 26.2 Å². The number of ether oxygens (including phenoxy) is 2. The van der Waals surface area contributed by atoms with Crippen LogP contribution in [0, 0.1) is 12.3 Å². The van der Waals surface area contributed by atoms with E-state index in [2.05, 4.69) is 5.92 Å². The third-order valence-corrected chi connectivity index (χ3v) is 4.17. The van der Waals surface area contributed by atoms with Crippen LogP contribution in [0.3, 0.4) is 0 Å². The third kappa shape index (κ3) is 4.14. The fraction of sp³-hybridized carbons (Fsp3) is 0.235. The molecule has 1 aliphatic heterocycles. The molecule has 130 valence electrons. The van der Waals surface area contributed by atoms with E-state index in [0.29, 0.717) is 11.3 Å². The highest BCUT2D eigenvalue weighted by molar-refractivity contribution is 8.18. The first-order chi connectivity index (χ1) is 11.9. The summed E-state index contributed by atoms with van der Waals surface area (Å²) in [5.74, 6) is 1.28. The molecule has 0 unspecified atom stereocenters. The Hall–Kier alpha value is -2.92. The number of rotatable bonds is 6. The molecule has 1 aromatic rings. The average Bonchev–Trinajstić information content (AvgIpc) is 2.83. The first-order valence-corrected chi connectivity index (χ1v) is 7.95. The lowest BCUT2D eigenvalue weighted by molar-refractivity contribution is -0.144. The molecule has 1 heterocycles. The number of carbonyl (C=O) groups is 3. The Bertz CT molecular complexity index is 795. The number of carboxylic acid groups (broad SMARTS) is 1. The minimum atomic E-state index is -1.10. The van der Waals surface area contributed by atoms with Gasteiger partial charge in [0.15, 0.2) is 17.6 Å². The summed E-state index contributed by atoms with van der Waals surface area (Å²) in [5.41, 5.74) is 0.596. The zero-order valence-corrected chi connectivity index (χ0v) is 14.3. The molecule has 25 heavy (non-hydrogen) atoms. The summed E-state index contributed by atoms with van der Waals surface area (Å²) in [6.07, 6.45) is 5.64. The van der Waals surface area contributed by atoms with E-state index in [1.807, 2.05) is 0 Å². The van der Waals surface area contributed by atoms with Crippen LogP contribution in [-0.2, 0) is 9.59 Å². The van der Waals surface area contributed by atoms with E-state index in [-0.39, 0.29) is 17.2 Å². The van der Waals surface area contributed by atoms with E-state index >= 15 is 0 Å². The van der Waals surface area contributed by atoms with Crippen molar-refractivity contribution in [1.82, 2.24) is 4.90 Å². The van der Waals surface area contributed by atoms with Gasteiger partial charge in [0.25, 0.3) is 11.1 Å². The van der Waals surface area contributed by atoms with Crippen LogP contribution in [0.15, 0.2) is 23.1 Å². The van der Waals surface area contributed by atoms with Gasteiger partial charge in [0, 0.05) is 0 Å². The molecule has 1 aromatic carbocycles. The number of carboxylic acids is 1. The fourth-order valence-corrected chi connectivity index (χ4v) is 2.83. The van der Waals surface area contributed by atoms with Gasteiger partial charge in [0.05, 0.1) is 18.6 Å². The molecule has 0 saturated carbocycles. The van der Waals surface area contributed by atoms with E-state index in [0.717, 1.165) is 16.7 Å². The maximum Gasteiger partial charge on any atom is 0.344 e. The monoisotopic (exact) mass is 361 g/mol. The van der Waals surface area contributed by atoms with E-state index in [9.17, 15) is 14.4 Å². The molecule has 8 heteroatoms. The van der Waals surface area contributed by atoms with Crippen LogP contribution >= 0.6 is 11.8 Å². The van der Waals surface area contributed by atoms with Gasteiger partial charge in [-0.3, -0.25) is 14.5 Å². The van der Waals surface area contributed by atoms with Crippen LogP contribution < -0.4 is 9.47 Å². The minimum Gasteiger partial charge on any atom is -0.493 e. The molecule has 1 atom stereocenters. The van der Waals surface area contributed by atoms with Crippen molar-refractivity contribution in [3.63, 3.8) is 0 Å². The second-order valence-corrected chi connectivity index (χ2v) is 5.97. The summed E-state index contributed by atoms with van der Waals surface area (Å²) >= 11 is 0.802. The largest absolute Gasteiger partial charge is 0.493 e. The van der Waals surface area contributed by atoms with Crippen molar-refractivity contribution in [2.45, 2.75) is 13.0 Å². The van der Waals surface area contributed by atoms with Gasteiger partial charge in [-0.25, -0.2) is 4.79 Å². The molecule has 1 saturated heterocycles. The van der Waals surface area contributed by atoms with Crippen LogP contribution in [0.5, 0.6) is 11.5 Å². The second kappa shape index (κ2) is 7.77. The van der Waals surface area contributed by atoms with Crippen molar-refractivity contribution in [2.24, 2.45) is 0 Å². The van der Waals surface area contributed by atoms with Gasteiger partial charge in [-0.15, -0.1) is 6.42 Å². The molecule has 0 radical (unpaired) electrons. The smallest absolute Gasteiger partial charge is 0.344 e. The van der Waals surface area contributed by atoms with Gasteiger partial charge in [0.2, 0.25) is 0 Å². The Labute approximate surface area is 148 Å². The van der Waals surface area contributed by atoms with Crippen LogP contribution in [-0.4, -0.2) is 46.9 Å². The number of nitrogens with zero attached hydrogens (tertiary/aromatic N) is 1. The molecule has 1 fully saturated rings. The topological polar surface area (TPSA) is 93.1 Å². The first kappa shape index (κ1) is 18.4. The van der Waals surface area contributed by atoms with Gasteiger partial charge in [0.1, 0.15) is 0 Å². The van der Waals surface area contributed by atoms with E-state index in [4.69, 9.17) is 21.0 Å². The number of benzene rings is 1. The van der Waals surface area contributed by atoms with Gasteiger partial charge in [-0.05, 0) is 42.5 Å². The Morgan fingerprint density at radius 2 is 2.16 bits per heavy atom. The average molecular weight is 361 g/mol. The molecule has 0 aromatic heterocycles. The molecular formula is C17H15NO6S. The SMILES string of the molecule is C#CCN1C(=O)S/C(=C/c2ccc(O[C@@H](C)C(=O)O)c(OC)c2)C1=O. The van der Waals surface area contributed by atoms with Crippen molar-refractivity contribution in [1.29, 1.82) is 0 Å². The quantitative estimate of drug-likeness (QED) is 0.613. The van der Waals surface area contributed by atoms with Crippen LogP contribution in [0.2, 0.25) is 0 Å². The predicted molar refractivity (Wildman–Crippen MR) is 92.2 cm³/mol. The second-order valence-electron chi connectivity index (χ2n) is 4.98. The lowest BCUT2D eigenvalue weighted by atomic mass is 10.2. The van der Waals surface area contributed by atoms with Crippen molar-refractivity contribution < 1.29 is 29.0 Å². The number of thioether (sulfide) groups is 1. The Morgan fingerprint density at radius 3 is 2.76 bits per heavy atom. The maximum absolute atomic E-state index is 12.2. The highest BCUT2D eigenvalue weighted by atomic mass is 32.2. The van der Waals surface area contributed by atoms with Gasteiger partial charge >= 0.3 is 5.97 Å². The zero-order valence-electron chi connectivity index (χ0n) is 13.5. The van der Waals surface area contributed by atoms with Crippen LogP contribution in [0.25, 0.3) is 6.08 Å². The highest BCUT2D eigenvalue weighted by Crippen LogP contribution is 2.34. The number of methoxy groups -OCH3 is 1. The molecule has 0 spiro atoms. The molecule has 2 rings (SSSR count). The standard InChI is InChI=1S/C17H15NO6S/c1-4-7-18-15(19)14(25-17(18)22)9-11-5-6-12(13(8-11)23-3)24-10(2)16(20)21/h1,5-6,8-10H,7H2,2-3H3,(H,20,21)/b14-9+/t10-/m0/s1. The van der Waals surface area contributed by atoms with Crippen molar-refractivity contribution in [2.75, 3.05) is 13.7 Å². The Morgan fingerprint density at radius 1 is 1.44 bits per heavy atom. The maximum atomic E-state index is 12.2. The summed E-state index contributed by atoms with van der Waals surface area (Å²) < 4.78 is 10.5. The number of hydrogen-bond donors (Lipinski definition) is 1. The van der Waals surface area contributed by atoms with Crippen molar-refractivity contribution in [3.8, 4) is 23.8 Å². The van der Waals surface area contributed by atoms with Crippen LogP contribution in [0.1, 0.15) is 12.5 Å². The number of hydrogen-bond acceptors (Lipinski definition) is 6. The highest BCUT2D eigenvalue weighted by Gasteiger charge is 2.34. The minimum absolute atomic E-state index is 0.0782. The van der Waals surface area contributed by atoms with Gasteiger partial charge < -0.3 is 14.6 Å². The number of terminal acetylenes is 1. The molecule has 1 N–H and O–H groups in total. The van der Waals surface area contributed by atoms with E-state index in [1.54, 1.807) is 12.1 Å². The lowest BCUT2D eigenvalue weighted by Gasteiger charge is -2.14. The summed E-state index contributed by atoms with van der Waals surface area (Å²) in [5, 5.41) is 8.49. The molecule has 2 amide bonds. The fourth-order valence-electron chi connectivity index (χ4n) is 1.99. The number of aliphatic carboxylic acids is 1. The number of amides is 2. The number of imide groups is 1. The molecule has 7 nitrogen and oxygen atoms in total. The number of carbonyl (C=O) groups excluding carboxylic acids is 2. The van der Waals surface area contributed by atoms with Crippen LogP contribution in [0.4, 0.5) is 4.79 Å². The van der Waals surface area contributed by atoms with Crippen molar-refractivity contribution in [3.05, 3.63) is 28.7 Å².